The van der Waals surface area contributed by atoms with Gasteiger partial charge in [0.1, 0.15) is 0 Å². The smallest absolute Gasteiger partial charge is 0.00869 e. The summed E-state index contributed by atoms with van der Waals surface area (Å²) in [5.41, 5.74) is 8.60. The lowest BCUT2D eigenvalue weighted by atomic mass is 9.74. The van der Waals surface area contributed by atoms with Crippen LogP contribution < -0.4 is 0 Å². The van der Waals surface area contributed by atoms with Gasteiger partial charge in [-0.05, 0) is 54.0 Å². The SMILES string of the molecule is CCc1ccccc1C1=C(C)C(C)C(c2ccccc2C)C=C1. The molecule has 2 unspecified atom stereocenters. The Morgan fingerprint density at radius 3 is 2.35 bits per heavy atom. The van der Waals surface area contributed by atoms with Gasteiger partial charge in [-0.15, -0.1) is 0 Å². The third kappa shape index (κ3) is 2.91. The molecule has 0 nitrogen and oxygen atoms in total. The Morgan fingerprint density at radius 1 is 0.913 bits per heavy atom. The molecular formula is C23H26. The Hall–Kier alpha value is -2.08. The Bertz CT molecular complexity index is 761. The zero-order chi connectivity index (χ0) is 16.4. The van der Waals surface area contributed by atoms with E-state index < -0.39 is 0 Å². The summed E-state index contributed by atoms with van der Waals surface area (Å²) in [5, 5.41) is 0. The molecule has 118 valence electrons. The van der Waals surface area contributed by atoms with Crippen molar-refractivity contribution in [2.75, 3.05) is 0 Å². The fourth-order valence-electron chi connectivity index (χ4n) is 3.74. The first-order valence-corrected chi connectivity index (χ1v) is 8.66. The molecule has 0 fully saturated rings. The van der Waals surface area contributed by atoms with E-state index in [1.165, 1.54) is 33.4 Å². The molecule has 0 aliphatic heterocycles. The van der Waals surface area contributed by atoms with Crippen molar-refractivity contribution < 1.29 is 0 Å². The third-order valence-corrected chi connectivity index (χ3v) is 5.35. The Balaban J connectivity index is 2.01. The molecule has 2 aromatic rings. The average Bonchev–Trinajstić information content (AvgIpc) is 2.58. The predicted molar refractivity (Wildman–Crippen MR) is 101 cm³/mol. The molecule has 0 radical (unpaired) electrons. The van der Waals surface area contributed by atoms with Gasteiger partial charge in [-0.1, -0.05) is 80.1 Å². The van der Waals surface area contributed by atoms with E-state index in [-0.39, 0.29) is 0 Å². The Kier molecular flexibility index (Phi) is 4.52. The van der Waals surface area contributed by atoms with Crippen molar-refractivity contribution >= 4 is 5.57 Å². The quantitative estimate of drug-likeness (QED) is 0.622. The van der Waals surface area contributed by atoms with Gasteiger partial charge in [0, 0.05) is 5.92 Å². The topological polar surface area (TPSA) is 0 Å². The van der Waals surface area contributed by atoms with Crippen molar-refractivity contribution in [3.05, 3.63) is 88.5 Å². The zero-order valence-electron chi connectivity index (χ0n) is 14.6. The van der Waals surface area contributed by atoms with Crippen molar-refractivity contribution in [2.45, 2.75) is 40.0 Å². The van der Waals surface area contributed by atoms with Gasteiger partial charge in [-0.3, -0.25) is 0 Å². The molecule has 0 saturated heterocycles. The van der Waals surface area contributed by atoms with Crippen LogP contribution in [0.15, 0.2) is 66.3 Å². The van der Waals surface area contributed by atoms with Gasteiger partial charge in [0.15, 0.2) is 0 Å². The van der Waals surface area contributed by atoms with Crippen LogP contribution >= 0.6 is 0 Å². The minimum Gasteiger partial charge on any atom is -0.0758 e. The second kappa shape index (κ2) is 6.58. The van der Waals surface area contributed by atoms with E-state index in [0.717, 1.165) is 6.42 Å². The molecule has 0 spiro atoms. The summed E-state index contributed by atoms with van der Waals surface area (Å²) in [7, 11) is 0. The second-order valence-electron chi connectivity index (χ2n) is 6.64. The molecule has 0 N–H and O–H groups in total. The van der Waals surface area contributed by atoms with Crippen molar-refractivity contribution in [3.8, 4) is 0 Å². The fourth-order valence-corrected chi connectivity index (χ4v) is 3.74. The maximum absolute atomic E-state index is 2.40. The lowest BCUT2D eigenvalue weighted by Gasteiger charge is -2.30. The van der Waals surface area contributed by atoms with Crippen LogP contribution in [0.2, 0.25) is 0 Å². The largest absolute Gasteiger partial charge is 0.0758 e. The summed E-state index contributed by atoms with van der Waals surface area (Å²) in [6, 6.07) is 17.6. The second-order valence-corrected chi connectivity index (χ2v) is 6.64. The van der Waals surface area contributed by atoms with Gasteiger partial charge < -0.3 is 0 Å². The maximum Gasteiger partial charge on any atom is 0.00869 e. The maximum atomic E-state index is 2.40. The molecule has 0 amide bonds. The number of aryl methyl sites for hydroxylation is 2. The van der Waals surface area contributed by atoms with E-state index in [9.17, 15) is 0 Å². The van der Waals surface area contributed by atoms with Crippen LogP contribution in [-0.4, -0.2) is 0 Å². The van der Waals surface area contributed by atoms with Gasteiger partial charge in [0.05, 0.1) is 0 Å². The van der Waals surface area contributed by atoms with Gasteiger partial charge >= 0.3 is 0 Å². The van der Waals surface area contributed by atoms with Crippen LogP contribution in [0.4, 0.5) is 0 Å². The Labute approximate surface area is 140 Å². The van der Waals surface area contributed by atoms with E-state index in [0.29, 0.717) is 11.8 Å². The van der Waals surface area contributed by atoms with Crippen molar-refractivity contribution in [3.63, 3.8) is 0 Å². The summed E-state index contributed by atoms with van der Waals surface area (Å²) in [5.74, 6) is 1.01. The van der Waals surface area contributed by atoms with Crippen LogP contribution in [0.25, 0.3) is 5.57 Å². The summed E-state index contributed by atoms with van der Waals surface area (Å²) < 4.78 is 0. The van der Waals surface area contributed by atoms with Gasteiger partial charge in [-0.25, -0.2) is 0 Å². The first kappa shape index (κ1) is 15.8. The molecule has 0 bridgehead atoms. The van der Waals surface area contributed by atoms with Crippen LogP contribution in [0, 0.1) is 12.8 Å². The monoisotopic (exact) mass is 302 g/mol. The van der Waals surface area contributed by atoms with E-state index in [1.807, 2.05) is 0 Å². The van der Waals surface area contributed by atoms with Crippen LogP contribution in [-0.2, 0) is 6.42 Å². The highest BCUT2D eigenvalue weighted by Crippen LogP contribution is 2.41. The first-order valence-electron chi connectivity index (χ1n) is 8.66. The highest BCUT2D eigenvalue weighted by molar-refractivity contribution is 5.80. The number of hydrogen-bond acceptors (Lipinski definition) is 0. The lowest BCUT2D eigenvalue weighted by molar-refractivity contribution is 0.599. The Morgan fingerprint density at radius 2 is 1.61 bits per heavy atom. The first-order chi connectivity index (χ1) is 11.1. The van der Waals surface area contributed by atoms with E-state index >= 15 is 0 Å². The zero-order valence-corrected chi connectivity index (χ0v) is 14.6. The fraction of sp³-hybridized carbons (Fsp3) is 0.304. The van der Waals surface area contributed by atoms with E-state index in [1.54, 1.807) is 0 Å². The molecule has 1 aliphatic rings. The minimum atomic E-state index is 0.480. The summed E-state index contributed by atoms with van der Waals surface area (Å²) in [4.78, 5) is 0. The minimum absolute atomic E-state index is 0.480. The number of allylic oxidation sites excluding steroid dienone is 4. The third-order valence-electron chi connectivity index (χ3n) is 5.35. The molecule has 3 rings (SSSR count). The molecule has 2 atom stereocenters. The molecule has 0 heterocycles. The molecule has 0 saturated carbocycles. The molecule has 0 heteroatoms. The number of rotatable bonds is 3. The van der Waals surface area contributed by atoms with E-state index in [2.05, 4.69) is 88.4 Å². The van der Waals surface area contributed by atoms with Crippen molar-refractivity contribution in [1.29, 1.82) is 0 Å². The highest BCUT2D eigenvalue weighted by Gasteiger charge is 2.25. The number of benzene rings is 2. The summed E-state index contributed by atoms with van der Waals surface area (Å²) >= 11 is 0. The van der Waals surface area contributed by atoms with Crippen molar-refractivity contribution in [1.82, 2.24) is 0 Å². The average molecular weight is 302 g/mol. The molecule has 23 heavy (non-hydrogen) atoms. The predicted octanol–water partition coefficient (Wildman–Crippen LogP) is 6.32. The van der Waals surface area contributed by atoms with Crippen LogP contribution in [0.3, 0.4) is 0 Å². The van der Waals surface area contributed by atoms with Gasteiger partial charge in [-0.2, -0.15) is 0 Å². The molecular weight excluding hydrogens is 276 g/mol. The molecule has 1 aliphatic carbocycles. The van der Waals surface area contributed by atoms with E-state index in [4.69, 9.17) is 0 Å². The molecule has 0 aromatic heterocycles. The number of hydrogen-bond donors (Lipinski definition) is 0. The summed E-state index contributed by atoms with van der Waals surface area (Å²) in [6.07, 6.45) is 5.83. The van der Waals surface area contributed by atoms with Crippen LogP contribution in [0.1, 0.15) is 48.9 Å². The van der Waals surface area contributed by atoms with Crippen molar-refractivity contribution in [2.24, 2.45) is 5.92 Å². The molecule has 2 aromatic carbocycles. The van der Waals surface area contributed by atoms with Gasteiger partial charge in [0.25, 0.3) is 0 Å². The highest BCUT2D eigenvalue weighted by atomic mass is 14.3. The standard InChI is InChI=1S/C23H26/c1-5-19-11-7-9-13-23(19)22-15-14-21(17(3)18(22)4)20-12-8-6-10-16(20)2/h6-15,17,21H,5H2,1-4H3. The lowest BCUT2D eigenvalue weighted by Crippen LogP contribution is -2.15. The van der Waals surface area contributed by atoms with Crippen LogP contribution in [0.5, 0.6) is 0 Å². The van der Waals surface area contributed by atoms with Gasteiger partial charge in [0.2, 0.25) is 0 Å². The normalized spacial score (nSPS) is 20.9. The summed E-state index contributed by atoms with van der Waals surface area (Å²) in [6.45, 7) is 9.13.